The van der Waals surface area contributed by atoms with Crippen molar-refractivity contribution >= 4 is 17.8 Å². The summed E-state index contributed by atoms with van der Waals surface area (Å²) in [4.78, 5) is 40.1. The summed E-state index contributed by atoms with van der Waals surface area (Å²) in [6, 6.07) is -0.781. The number of nitrogens with zero attached hydrogens (tertiary/aromatic N) is 1. The van der Waals surface area contributed by atoms with Gasteiger partial charge in [0.05, 0.1) is 25.0 Å². The summed E-state index contributed by atoms with van der Waals surface area (Å²) in [5, 5.41) is 12.3. The second-order valence-corrected chi connectivity index (χ2v) is 7.58. The molecule has 0 unspecified atom stereocenters. The average molecular weight is 380 g/mol. The number of esters is 1. The van der Waals surface area contributed by atoms with Gasteiger partial charge in [-0.3, -0.25) is 14.4 Å². The van der Waals surface area contributed by atoms with Crippen molar-refractivity contribution in [3.05, 3.63) is 12.2 Å². The molecule has 0 saturated carbocycles. The number of allylic oxidation sites excluding steroid dienone is 1. The van der Waals surface area contributed by atoms with E-state index in [1.807, 2.05) is 32.9 Å². The van der Waals surface area contributed by atoms with E-state index in [0.717, 1.165) is 12.8 Å². The summed E-state index contributed by atoms with van der Waals surface area (Å²) in [5.41, 5.74) is 0. The molecule has 1 saturated heterocycles. The summed E-state index contributed by atoms with van der Waals surface area (Å²) < 4.78 is 5.28. The van der Waals surface area contributed by atoms with Gasteiger partial charge in [-0.1, -0.05) is 25.5 Å². The third kappa shape index (κ3) is 4.34. The first kappa shape index (κ1) is 21.4. The highest BCUT2D eigenvalue weighted by Gasteiger charge is 2.57. The lowest BCUT2D eigenvalue weighted by atomic mass is 9.69. The van der Waals surface area contributed by atoms with Crippen LogP contribution in [-0.4, -0.2) is 59.6 Å². The highest BCUT2D eigenvalue weighted by atomic mass is 16.5. The first-order chi connectivity index (χ1) is 12.9. The Balaban J connectivity index is 2.43. The normalized spacial score (nSPS) is 29.8. The molecule has 152 valence electrons. The topological polar surface area (TPSA) is 95.9 Å². The number of aliphatic hydroxyl groups is 1. The van der Waals surface area contributed by atoms with Gasteiger partial charge in [0.1, 0.15) is 6.04 Å². The smallest absolute Gasteiger partial charge is 0.310 e. The molecule has 27 heavy (non-hydrogen) atoms. The van der Waals surface area contributed by atoms with Gasteiger partial charge in [-0.15, -0.1) is 0 Å². The van der Waals surface area contributed by atoms with Gasteiger partial charge < -0.3 is 20.1 Å². The van der Waals surface area contributed by atoms with E-state index < -0.39 is 23.8 Å². The number of β-amino-alcohol motifs (C(OH)–C–C–N with tert-alkyl or cyclic N) is 1. The van der Waals surface area contributed by atoms with Crippen molar-refractivity contribution in [2.24, 2.45) is 23.7 Å². The second kappa shape index (κ2) is 9.35. The number of nitrogens with one attached hydrogen (secondary N) is 1. The molecule has 7 nitrogen and oxygen atoms in total. The van der Waals surface area contributed by atoms with Crippen LogP contribution in [0.2, 0.25) is 0 Å². The molecule has 5 atom stereocenters. The Hall–Kier alpha value is -1.89. The summed E-state index contributed by atoms with van der Waals surface area (Å²) >= 11 is 0. The molecule has 2 aliphatic rings. The lowest BCUT2D eigenvalue weighted by Gasteiger charge is -2.34. The molecule has 0 spiro atoms. The maximum atomic E-state index is 13.2. The monoisotopic (exact) mass is 380 g/mol. The number of aliphatic hydroxyl groups excluding tert-OH is 1. The third-order valence-electron chi connectivity index (χ3n) is 5.33. The third-order valence-corrected chi connectivity index (χ3v) is 5.33. The molecular weight excluding hydrogens is 348 g/mol. The van der Waals surface area contributed by atoms with Gasteiger partial charge in [0, 0.05) is 18.5 Å². The van der Waals surface area contributed by atoms with E-state index >= 15 is 0 Å². The van der Waals surface area contributed by atoms with E-state index in [2.05, 4.69) is 5.32 Å². The van der Waals surface area contributed by atoms with E-state index in [9.17, 15) is 19.5 Å². The summed E-state index contributed by atoms with van der Waals surface area (Å²) in [6.45, 7) is 7.59. The van der Waals surface area contributed by atoms with E-state index in [-0.39, 0.29) is 49.5 Å². The number of hydrogen-bond acceptors (Lipinski definition) is 5. The first-order valence-electron chi connectivity index (χ1n) is 9.93. The van der Waals surface area contributed by atoms with Crippen molar-refractivity contribution in [2.75, 3.05) is 19.8 Å². The summed E-state index contributed by atoms with van der Waals surface area (Å²) in [5.74, 6) is -2.57. The number of carbonyl (C=O) groups excluding carboxylic acids is 3. The average Bonchev–Trinajstić information content (AvgIpc) is 2.87. The lowest BCUT2D eigenvalue weighted by Crippen LogP contribution is -2.49. The van der Waals surface area contributed by atoms with Crippen LogP contribution in [-0.2, 0) is 19.1 Å². The largest absolute Gasteiger partial charge is 0.466 e. The van der Waals surface area contributed by atoms with Gasteiger partial charge >= 0.3 is 5.97 Å². The summed E-state index contributed by atoms with van der Waals surface area (Å²) in [6.07, 6.45) is 5.55. The second-order valence-electron chi connectivity index (χ2n) is 7.58. The minimum absolute atomic E-state index is 0.0658. The first-order valence-corrected chi connectivity index (χ1v) is 9.93. The number of amides is 2. The molecule has 7 heteroatoms. The van der Waals surface area contributed by atoms with Crippen molar-refractivity contribution in [2.45, 2.75) is 52.6 Å². The molecule has 0 radical (unpaired) electrons. The van der Waals surface area contributed by atoms with Crippen LogP contribution < -0.4 is 5.32 Å². The van der Waals surface area contributed by atoms with Crippen molar-refractivity contribution in [1.29, 1.82) is 0 Å². The van der Waals surface area contributed by atoms with Crippen LogP contribution in [0, 0.1) is 23.7 Å². The maximum absolute atomic E-state index is 13.2. The molecular formula is C20H32N2O5. The van der Waals surface area contributed by atoms with Crippen LogP contribution in [0.3, 0.4) is 0 Å². The SMILES string of the molecule is CCC[C@@H]1C=C[C@H]2[C@@H](C(=O)N(CCO)[C@@H]2C(=O)NC(C)C)[C@@H]1C(=O)OCC. The molecule has 1 heterocycles. The number of carbonyl (C=O) groups is 3. The van der Waals surface area contributed by atoms with Crippen LogP contribution in [0.1, 0.15) is 40.5 Å². The number of fused-ring (bicyclic) bond motifs is 1. The molecule has 1 aliphatic carbocycles. The fourth-order valence-electron chi connectivity index (χ4n) is 4.38. The van der Waals surface area contributed by atoms with Crippen molar-refractivity contribution in [1.82, 2.24) is 10.2 Å². The fourth-order valence-corrected chi connectivity index (χ4v) is 4.38. The van der Waals surface area contributed by atoms with Gasteiger partial charge in [-0.05, 0) is 33.1 Å². The molecule has 2 amide bonds. The van der Waals surface area contributed by atoms with Crippen molar-refractivity contribution in [3.63, 3.8) is 0 Å². The quantitative estimate of drug-likeness (QED) is 0.486. The number of hydrogen-bond donors (Lipinski definition) is 2. The maximum Gasteiger partial charge on any atom is 0.310 e. The van der Waals surface area contributed by atoms with E-state index in [0.29, 0.717) is 0 Å². The molecule has 0 aromatic rings. The van der Waals surface area contributed by atoms with Gasteiger partial charge in [0.25, 0.3) is 0 Å². The highest BCUT2D eigenvalue weighted by molar-refractivity contribution is 5.96. The predicted octanol–water partition coefficient (Wildman–Crippen LogP) is 1.11. The number of rotatable bonds is 8. The molecule has 1 aliphatic heterocycles. The molecule has 2 rings (SSSR count). The Labute approximate surface area is 161 Å². The van der Waals surface area contributed by atoms with Gasteiger partial charge in [0.2, 0.25) is 11.8 Å². The Kier molecular flexibility index (Phi) is 7.41. The molecule has 0 aromatic heterocycles. The van der Waals surface area contributed by atoms with Gasteiger partial charge in [-0.25, -0.2) is 0 Å². The van der Waals surface area contributed by atoms with Crippen LogP contribution in [0.15, 0.2) is 12.2 Å². The Morgan fingerprint density at radius 2 is 2.00 bits per heavy atom. The molecule has 2 N–H and O–H groups in total. The predicted molar refractivity (Wildman–Crippen MR) is 101 cm³/mol. The minimum atomic E-state index is -0.715. The number of ether oxygens (including phenoxy) is 1. The standard InChI is InChI=1S/C20H32N2O5/c1-5-7-13-8-9-14-16(15(13)20(26)27-6-2)19(25)22(10-11-23)17(14)18(24)21-12(3)4/h8-9,12-17,23H,5-7,10-11H2,1-4H3,(H,21,24)/t13-,14+,15-,16-,17+/m1/s1. The summed E-state index contributed by atoms with van der Waals surface area (Å²) in [7, 11) is 0. The van der Waals surface area contributed by atoms with Crippen LogP contribution in [0.4, 0.5) is 0 Å². The zero-order valence-corrected chi connectivity index (χ0v) is 16.7. The zero-order valence-electron chi connectivity index (χ0n) is 16.7. The zero-order chi connectivity index (χ0) is 20.1. The van der Waals surface area contributed by atoms with Gasteiger partial charge in [-0.2, -0.15) is 0 Å². The molecule has 0 bridgehead atoms. The Bertz CT molecular complexity index is 589. The van der Waals surface area contributed by atoms with Crippen molar-refractivity contribution in [3.8, 4) is 0 Å². The Morgan fingerprint density at radius 3 is 2.56 bits per heavy atom. The molecule has 1 fully saturated rings. The van der Waals surface area contributed by atoms with Gasteiger partial charge in [0.15, 0.2) is 0 Å². The minimum Gasteiger partial charge on any atom is -0.466 e. The van der Waals surface area contributed by atoms with Crippen LogP contribution in [0.25, 0.3) is 0 Å². The lowest BCUT2D eigenvalue weighted by molar-refractivity contribution is -0.155. The highest BCUT2D eigenvalue weighted by Crippen LogP contribution is 2.45. The van der Waals surface area contributed by atoms with E-state index in [1.54, 1.807) is 6.92 Å². The fraction of sp³-hybridized carbons (Fsp3) is 0.750. The van der Waals surface area contributed by atoms with Crippen LogP contribution >= 0.6 is 0 Å². The van der Waals surface area contributed by atoms with E-state index in [1.165, 1.54) is 4.90 Å². The van der Waals surface area contributed by atoms with Crippen LogP contribution in [0.5, 0.6) is 0 Å². The Morgan fingerprint density at radius 1 is 1.30 bits per heavy atom. The molecule has 0 aromatic carbocycles. The number of likely N-dealkylation sites (tertiary alicyclic amines) is 1. The van der Waals surface area contributed by atoms with E-state index in [4.69, 9.17) is 4.74 Å². The van der Waals surface area contributed by atoms with Crippen molar-refractivity contribution < 1.29 is 24.2 Å².